The highest BCUT2D eigenvalue weighted by atomic mass is 16.2. The number of carbonyl (C=O) groups excluding carboxylic acids is 4. The van der Waals surface area contributed by atoms with Crippen LogP contribution in [-0.4, -0.2) is 122 Å². The second kappa shape index (κ2) is 23.3. The molecule has 0 aromatic carbocycles. The highest BCUT2D eigenvalue weighted by Crippen LogP contribution is 2.25. The van der Waals surface area contributed by atoms with Gasteiger partial charge >= 0.3 is 0 Å². The van der Waals surface area contributed by atoms with E-state index in [0.29, 0.717) is 6.54 Å². The number of rotatable bonds is 8. The second-order valence-corrected chi connectivity index (χ2v) is 11.5. The molecule has 0 radical (unpaired) electrons. The molecule has 4 unspecified atom stereocenters. The molecule has 0 spiro atoms. The zero-order valence-corrected chi connectivity index (χ0v) is 28.5. The monoisotopic (exact) mass is 603 g/mol. The second-order valence-electron chi connectivity index (χ2n) is 11.5. The third-order valence-corrected chi connectivity index (χ3v) is 7.91. The quantitative estimate of drug-likeness (QED) is 0.407. The minimum absolute atomic E-state index is 0. The lowest BCUT2D eigenvalue weighted by Crippen LogP contribution is -2.61. The first-order valence-electron chi connectivity index (χ1n) is 16.5. The summed E-state index contributed by atoms with van der Waals surface area (Å²) in [6, 6.07) is -0.628. The maximum atomic E-state index is 12.2. The maximum Gasteiger partial charge on any atom is 0.237 e. The third-order valence-electron chi connectivity index (χ3n) is 7.91. The molecule has 0 aromatic heterocycles. The SMILES string of the molecule is C.CC.CC.[2H]C(=O)N(C)C1CCCCC1NC(=O)[C@H](C)N(C)C.[2H]C(=O)N1CCCCC1C(C)(C)NC(=O)C(C)N(C)C. The van der Waals surface area contributed by atoms with Crippen LogP contribution in [0.25, 0.3) is 0 Å². The number of nitrogens with zero attached hydrogens (tertiary/aromatic N) is 4. The number of hydrogen-bond acceptors (Lipinski definition) is 6. The Morgan fingerprint density at radius 2 is 1.33 bits per heavy atom. The van der Waals surface area contributed by atoms with E-state index in [9.17, 15) is 19.2 Å². The molecular weight excluding hydrogens is 532 g/mol. The Bertz CT molecular complexity index is 844. The Kier molecular flexibility index (Phi) is 22.1. The first-order valence-corrected chi connectivity index (χ1v) is 15.5. The molecule has 1 saturated heterocycles. The van der Waals surface area contributed by atoms with Gasteiger partial charge in [-0.2, -0.15) is 0 Å². The van der Waals surface area contributed by atoms with Crippen LogP contribution in [0.5, 0.6) is 0 Å². The highest BCUT2D eigenvalue weighted by molar-refractivity contribution is 5.82. The molecule has 42 heavy (non-hydrogen) atoms. The lowest BCUT2D eigenvalue weighted by Gasteiger charge is -2.44. The molecule has 10 nitrogen and oxygen atoms in total. The highest BCUT2D eigenvalue weighted by Gasteiger charge is 2.37. The molecule has 250 valence electrons. The van der Waals surface area contributed by atoms with Gasteiger partial charge < -0.3 is 20.4 Å². The summed E-state index contributed by atoms with van der Waals surface area (Å²) in [6.07, 6.45) is 5.25. The number of hydrogen-bond donors (Lipinski definition) is 2. The average Bonchev–Trinajstić information content (AvgIpc) is 2.98. The molecule has 1 heterocycles. The molecule has 5 atom stereocenters. The summed E-state index contributed by atoms with van der Waals surface area (Å²) in [5.41, 5.74) is -0.529. The van der Waals surface area contributed by atoms with E-state index >= 15 is 0 Å². The fraction of sp³-hybridized carbons (Fsp3) is 0.875. The van der Waals surface area contributed by atoms with Crippen molar-refractivity contribution in [2.24, 2.45) is 0 Å². The summed E-state index contributed by atoms with van der Waals surface area (Å²) in [5, 5.41) is 6.06. The minimum Gasteiger partial charge on any atom is -0.350 e. The summed E-state index contributed by atoms with van der Waals surface area (Å²) in [6.45, 7) is 16.2. The zero-order chi connectivity index (χ0) is 34.1. The van der Waals surface area contributed by atoms with E-state index in [1.165, 1.54) is 4.90 Å². The van der Waals surface area contributed by atoms with Crippen molar-refractivity contribution in [3.05, 3.63) is 0 Å². The maximum absolute atomic E-state index is 12.2. The van der Waals surface area contributed by atoms with Gasteiger partial charge in [-0.3, -0.25) is 29.0 Å². The van der Waals surface area contributed by atoms with E-state index in [0.717, 1.165) is 44.9 Å². The van der Waals surface area contributed by atoms with E-state index in [-0.39, 0.29) is 49.5 Å². The van der Waals surface area contributed by atoms with Gasteiger partial charge in [-0.25, -0.2) is 0 Å². The summed E-state index contributed by atoms with van der Waals surface area (Å²) in [4.78, 5) is 53.7. The van der Waals surface area contributed by atoms with Crippen LogP contribution in [0, 0.1) is 0 Å². The van der Waals surface area contributed by atoms with Gasteiger partial charge in [-0.1, -0.05) is 48.0 Å². The molecule has 2 aliphatic rings. The normalized spacial score (nSPS) is 22.0. The molecule has 0 bridgehead atoms. The van der Waals surface area contributed by atoms with Gasteiger partial charge in [0.05, 0.1) is 29.7 Å². The van der Waals surface area contributed by atoms with Crippen LogP contribution in [0.1, 0.15) is 111 Å². The molecule has 4 amide bonds. The van der Waals surface area contributed by atoms with Crippen LogP contribution < -0.4 is 10.6 Å². The molecule has 10 heteroatoms. The zero-order valence-electron chi connectivity index (χ0n) is 30.5. The van der Waals surface area contributed by atoms with Crippen molar-refractivity contribution in [2.75, 3.05) is 41.8 Å². The van der Waals surface area contributed by atoms with E-state index in [4.69, 9.17) is 2.74 Å². The third kappa shape index (κ3) is 14.8. The van der Waals surface area contributed by atoms with Crippen molar-refractivity contribution in [3.8, 4) is 0 Å². The van der Waals surface area contributed by atoms with Gasteiger partial charge in [0.25, 0.3) is 0 Å². The minimum atomic E-state index is -0.688. The molecule has 0 aromatic rings. The Morgan fingerprint density at radius 1 is 0.857 bits per heavy atom. The summed E-state index contributed by atoms with van der Waals surface area (Å²) >= 11 is 0. The van der Waals surface area contributed by atoms with Gasteiger partial charge in [0.2, 0.25) is 24.6 Å². The Hall–Kier alpha value is -2.20. The molecule has 1 saturated carbocycles. The van der Waals surface area contributed by atoms with E-state index < -0.39 is 18.3 Å². The molecule has 2 N–H and O–H groups in total. The van der Waals surface area contributed by atoms with Crippen LogP contribution in [0.2, 0.25) is 0 Å². The fourth-order valence-electron chi connectivity index (χ4n) is 4.88. The van der Waals surface area contributed by atoms with Crippen LogP contribution in [-0.2, 0) is 19.2 Å². The summed E-state index contributed by atoms with van der Waals surface area (Å²) < 4.78 is 14.6. The number of amides is 4. The van der Waals surface area contributed by atoms with Gasteiger partial charge in [-0.15, -0.1) is 0 Å². The van der Waals surface area contributed by atoms with Crippen LogP contribution in [0.4, 0.5) is 0 Å². The van der Waals surface area contributed by atoms with Crippen molar-refractivity contribution < 1.29 is 21.9 Å². The summed E-state index contributed by atoms with van der Waals surface area (Å²) in [5.74, 6) is -0.0734. The standard InChI is InChI=1S/C14H27N3O2.C13H25N3O2.2C2H6.CH4/c1-11(16(4)5)13(19)15-14(2,3)12-8-6-7-9-17(12)10-18;1-10(15(2)3)13(18)14-11-7-5-6-8-12(11)16(4)9-17;2*1-2;/h10-12H,6-9H2,1-5H3,(H,15,19);9-12H,5-8H2,1-4H3,(H,14,18);2*1-2H3;1H4/t;10-,11?,12?;;;/m.0.../s1/i10D;9D;;;. The first kappa shape index (κ1) is 39.8. The predicted octanol–water partition coefficient (Wildman–Crippen LogP) is 3.98. The van der Waals surface area contributed by atoms with Crippen molar-refractivity contribution in [1.29, 1.82) is 0 Å². The van der Waals surface area contributed by atoms with E-state index in [2.05, 4.69) is 10.6 Å². The molecule has 1 aliphatic heterocycles. The largest absolute Gasteiger partial charge is 0.350 e. The van der Waals surface area contributed by atoms with Crippen LogP contribution in [0.15, 0.2) is 0 Å². The topological polar surface area (TPSA) is 105 Å². The number of likely N-dealkylation sites (N-methyl/N-ethyl adjacent to an activating group) is 3. The Morgan fingerprint density at radius 3 is 1.81 bits per heavy atom. The first-order chi connectivity index (χ1) is 20.0. The van der Waals surface area contributed by atoms with E-state index in [1.807, 2.05) is 93.4 Å². The van der Waals surface area contributed by atoms with Crippen molar-refractivity contribution in [2.45, 2.75) is 144 Å². The Labute approximate surface area is 262 Å². The molecular formula is C32H68N6O4. The average molecular weight is 603 g/mol. The van der Waals surface area contributed by atoms with Gasteiger partial charge in [0.15, 0.2) is 0 Å². The number of likely N-dealkylation sites (tertiary alicyclic amines) is 1. The number of nitrogens with one attached hydrogen (secondary N) is 2. The van der Waals surface area contributed by atoms with Gasteiger partial charge in [0, 0.05) is 19.6 Å². The lowest BCUT2D eigenvalue weighted by molar-refractivity contribution is -0.130. The van der Waals surface area contributed by atoms with Crippen molar-refractivity contribution in [3.63, 3.8) is 0 Å². The van der Waals surface area contributed by atoms with Gasteiger partial charge in [-0.05, 0) is 88.0 Å². The van der Waals surface area contributed by atoms with E-state index in [1.54, 1.807) is 11.9 Å². The van der Waals surface area contributed by atoms with Crippen molar-refractivity contribution in [1.82, 2.24) is 30.2 Å². The predicted molar refractivity (Wildman–Crippen MR) is 176 cm³/mol. The number of carbonyl (C=O) groups is 4. The molecule has 2 fully saturated rings. The van der Waals surface area contributed by atoms with Crippen LogP contribution >= 0.6 is 0 Å². The van der Waals surface area contributed by atoms with Crippen molar-refractivity contribution >= 4 is 24.6 Å². The number of piperidine rings is 1. The smallest absolute Gasteiger partial charge is 0.237 e. The molecule has 1 aliphatic carbocycles. The summed E-state index contributed by atoms with van der Waals surface area (Å²) in [7, 11) is 9.08. The fourth-order valence-corrected chi connectivity index (χ4v) is 4.88. The van der Waals surface area contributed by atoms with Crippen LogP contribution in [0.3, 0.4) is 0 Å². The molecule has 2 rings (SSSR count). The van der Waals surface area contributed by atoms with Gasteiger partial charge in [0.1, 0.15) is 2.74 Å². The Balaban J connectivity index is -0.000000673. The lowest BCUT2D eigenvalue weighted by atomic mass is 9.86.